The minimum Gasteiger partial charge on any atom is -0.481 e. The van der Waals surface area contributed by atoms with E-state index in [4.69, 9.17) is 9.47 Å². The summed E-state index contributed by atoms with van der Waals surface area (Å²) in [4.78, 5) is 4.08. The average molecular weight is 343 g/mol. The lowest BCUT2D eigenvalue weighted by molar-refractivity contribution is 0.289. The second-order valence-corrected chi connectivity index (χ2v) is 4.30. The number of halogens is 1. The summed E-state index contributed by atoms with van der Waals surface area (Å²) in [7, 11) is 1.58. The van der Waals surface area contributed by atoms with Gasteiger partial charge >= 0.3 is 0 Å². The minimum absolute atomic E-state index is 0.409. The van der Waals surface area contributed by atoms with E-state index in [9.17, 15) is 0 Å². The molecule has 0 saturated heterocycles. The molecule has 5 nitrogen and oxygen atoms in total. The first-order valence-corrected chi connectivity index (χ1v) is 5.97. The Bertz CT molecular complexity index is 473. The van der Waals surface area contributed by atoms with Crippen molar-refractivity contribution < 1.29 is 9.47 Å². The highest BCUT2D eigenvalue weighted by Crippen LogP contribution is 2.11. The molecule has 0 bridgehead atoms. The van der Waals surface area contributed by atoms with Crippen molar-refractivity contribution in [2.45, 2.75) is 6.61 Å². The molecule has 2 aromatic rings. The maximum absolute atomic E-state index is 5.46. The average Bonchev–Trinajstić information content (AvgIpc) is 2.39. The van der Waals surface area contributed by atoms with Gasteiger partial charge in [0.05, 0.1) is 7.11 Å². The quantitative estimate of drug-likeness (QED) is 0.796. The minimum atomic E-state index is 0.409. The molecule has 0 aliphatic rings. The van der Waals surface area contributed by atoms with Crippen LogP contribution in [0, 0.1) is 3.70 Å². The first-order chi connectivity index (χ1) is 8.28. The monoisotopic (exact) mass is 343 g/mol. The summed E-state index contributed by atoms with van der Waals surface area (Å²) in [6.45, 7) is 0.409. The predicted molar refractivity (Wildman–Crippen MR) is 69.9 cm³/mol. The van der Waals surface area contributed by atoms with Gasteiger partial charge in [-0.05, 0) is 34.7 Å². The molecule has 17 heavy (non-hydrogen) atoms. The number of pyridine rings is 1. The van der Waals surface area contributed by atoms with Gasteiger partial charge in [-0.25, -0.2) is 4.98 Å². The standard InChI is InChI=1S/C11H10IN3O2/c1-16-10-4-2-8(6-13-10)7-17-11-5-3-9(12)14-15-11/h2-6H,7H2,1H3. The fourth-order valence-electron chi connectivity index (χ4n) is 1.16. The molecular weight excluding hydrogens is 333 g/mol. The summed E-state index contributed by atoms with van der Waals surface area (Å²) in [5, 5.41) is 7.80. The highest BCUT2D eigenvalue weighted by molar-refractivity contribution is 14.1. The number of nitrogens with zero attached hydrogens (tertiary/aromatic N) is 3. The van der Waals surface area contributed by atoms with Crippen molar-refractivity contribution in [1.29, 1.82) is 0 Å². The van der Waals surface area contributed by atoms with E-state index in [1.54, 1.807) is 25.4 Å². The first-order valence-electron chi connectivity index (χ1n) is 4.89. The molecule has 0 atom stereocenters. The van der Waals surface area contributed by atoms with Crippen LogP contribution in [0.5, 0.6) is 11.8 Å². The summed E-state index contributed by atoms with van der Waals surface area (Å²) in [5.74, 6) is 1.09. The lowest BCUT2D eigenvalue weighted by atomic mass is 10.3. The third-order valence-electron chi connectivity index (χ3n) is 2.00. The van der Waals surface area contributed by atoms with E-state index in [0.29, 0.717) is 18.4 Å². The Balaban J connectivity index is 1.95. The Kier molecular flexibility index (Phi) is 4.08. The van der Waals surface area contributed by atoms with Crippen LogP contribution in [0.25, 0.3) is 0 Å². The van der Waals surface area contributed by atoms with Gasteiger partial charge in [-0.3, -0.25) is 0 Å². The Morgan fingerprint density at radius 3 is 2.53 bits per heavy atom. The van der Waals surface area contributed by atoms with E-state index in [1.165, 1.54) is 0 Å². The fraction of sp³-hybridized carbons (Fsp3) is 0.182. The van der Waals surface area contributed by atoms with Crippen molar-refractivity contribution in [2.24, 2.45) is 0 Å². The first kappa shape index (κ1) is 12.0. The highest BCUT2D eigenvalue weighted by Gasteiger charge is 1.99. The largest absolute Gasteiger partial charge is 0.481 e. The third kappa shape index (κ3) is 3.52. The second kappa shape index (κ2) is 5.76. The van der Waals surface area contributed by atoms with Gasteiger partial charge in [0.1, 0.15) is 10.3 Å². The number of aromatic nitrogens is 3. The summed E-state index contributed by atoms with van der Waals surface area (Å²) >= 11 is 2.09. The van der Waals surface area contributed by atoms with Gasteiger partial charge in [0.25, 0.3) is 0 Å². The van der Waals surface area contributed by atoms with E-state index in [2.05, 4.69) is 37.8 Å². The Labute approximate surface area is 112 Å². The third-order valence-corrected chi connectivity index (χ3v) is 2.58. The molecule has 0 spiro atoms. The van der Waals surface area contributed by atoms with Gasteiger partial charge in [0, 0.05) is 23.9 Å². The van der Waals surface area contributed by atoms with Crippen LogP contribution in [0.2, 0.25) is 0 Å². The van der Waals surface area contributed by atoms with Gasteiger partial charge in [-0.1, -0.05) is 0 Å². The van der Waals surface area contributed by atoms with Crippen LogP contribution in [-0.4, -0.2) is 22.3 Å². The van der Waals surface area contributed by atoms with E-state index >= 15 is 0 Å². The molecule has 2 heterocycles. The lowest BCUT2D eigenvalue weighted by Crippen LogP contribution is -1.99. The molecule has 0 N–H and O–H groups in total. The molecule has 0 aliphatic carbocycles. The van der Waals surface area contributed by atoms with Crippen LogP contribution in [-0.2, 0) is 6.61 Å². The predicted octanol–water partition coefficient (Wildman–Crippen LogP) is 2.06. The van der Waals surface area contributed by atoms with Crippen molar-refractivity contribution in [3.8, 4) is 11.8 Å². The van der Waals surface area contributed by atoms with Crippen molar-refractivity contribution in [3.05, 3.63) is 39.7 Å². The van der Waals surface area contributed by atoms with E-state index in [0.717, 1.165) is 9.26 Å². The normalized spacial score (nSPS) is 10.0. The molecule has 2 rings (SSSR count). The molecular formula is C11H10IN3O2. The molecule has 2 aromatic heterocycles. The molecule has 0 aliphatic heterocycles. The molecule has 0 saturated carbocycles. The topological polar surface area (TPSA) is 57.1 Å². The number of methoxy groups -OCH3 is 1. The van der Waals surface area contributed by atoms with E-state index < -0.39 is 0 Å². The van der Waals surface area contributed by atoms with Gasteiger partial charge in [-0.2, -0.15) is 0 Å². The maximum atomic E-state index is 5.46. The smallest absolute Gasteiger partial charge is 0.233 e. The Hall–Kier alpha value is -1.44. The van der Waals surface area contributed by atoms with Crippen LogP contribution < -0.4 is 9.47 Å². The Morgan fingerprint density at radius 1 is 1.12 bits per heavy atom. The van der Waals surface area contributed by atoms with Gasteiger partial charge in [0.2, 0.25) is 11.8 Å². The zero-order valence-electron chi connectivity index (χ0n) is 9.13. The van der Waals surface area contributed by atoms with Crippen molar-refractivity contribution in [1.82, 2.24) is 15.2 Å². The Morgan fingerprint density at radius 2 is 1.94 bits per heavy atom. The molecule has 6 heteroatoms. The second-order valence-electron chi connectivity index (χ2n) is 3.19. The number of rotatable bonds is 4. The van der Waals surface area contributed by atoms with E-state index in [-0.39, 0.29) is 0 Å². The zero-order valence-corrected chi connectivity index (χ0v) is 11.3. The lowest BCUT2D eigenvalue weighted by Gasteiger charge is -2.04. The SMILES string of the molecule is COc1ccc(COc2ccc(I)nn2)cn1. The van der Waals surface area contributed by atoms with Gasteiger partial charge in [-0.15, -0.1) is 10.2 Å². The van der Waals surface area contributed by atoms with Crippen LogP contribution in [0.4, 0.5) is 0 Å². The van der Waals surface area contributed by atoms with E-state index in [1.807, 2.05) is 12.1 Å². The van der Waals surface area contributed by atoms with Gasteiger partial charge < -0.3 is 9.47 Å². The summed E-state index contributed by atoms with van der Waals surface area (Å²) in [5.41, 5.74) is 0.950. The van der Waals surface area contributed by atoms with Crippen molar-refractivity contribution >= 4 is 22.6 Å². The fourth-order valence-corrected chi connectivity index (χ4v) is 1.44. The maximum Gasteiger partial charge on any atom is 0.233 e. The zero-order chi connectivity index (χ0) is 12.1. The molecule has 0 aromatic carbocycles. The number of ether oxygens (including phenoxy) is 2. The molecule has 0 amide bonds. The molecule has 0 radical (unpaired) electrons. The highest BCUT2D eigenvalue weighted by atomic mass is 127. The molecule has 0 fully saturated rings. The van der Waals surface area contributed by atoms with Crippen LogP contribution in [0.15, 0.2) is 30.5 Å². The number of hydrogen-bond donors (Lipinski definition) is 0. The van der Waals surface area contributed by atoms with Crippen LogP contribution in [0.1, 0.15) is 5.56 Å². The van der Waals surface area contributed by atoms with Crippen LogP contribution in [0.3, 0.4) is 0 Å². The number of hydrogen-bond acceptors (Lipinski definition) is 5. The van der Waals surface area contributed by atoms with Gasteiger partial charge in [0.15, 0.2) is 0 Å². The van der Waals surface area contributed by atoms with Crippen molar-refractivity contribution in [3.63, 3.8) is 0 Å². The summed E-state index contributed by atoms with van der Waals surface area (Å²) in [6, 6.07) is 7.31. The van der Waals surface area contributed by atoms with Crippen LogP contribution >= 0.6 is 22.6 Å². The summed E-state index contributed by atoms with van der Waals surface area (Å²) < 4.78 is 11.3. The molecule has 88 valence electrons. The van der Waals surface area contributed by atoms with Crippen molar-refractivity contribution in [2.75, 3.05) is 7.11 Å². The molecule has 0 unspecified atom stereocenters. The summed E-state index contributed by atoms with van der Waals surface area (Å²) in [6.07, 6.45) is 1.71.